The largest absolute Gasteiger partial charge is 0.303 e. The number of likely N-dealkylation sites (tertiary alicyclic amines) is 1. The first-order valence-corrected chi connectivity index (χ1v) is 4.95. The van der Waals surface area contributed by atoms with Crippen LogP contribution in [0.15, 0.2) is 24.5 Å². The summed E-state index contributed by atoms with van der Waals surface area (Å²) in [6.07, 6.45) is 5.74. The van der Waals surface area contributed by atoms with Gasteiger partial charge in [0.1, 0.15) is 6.29 Å². The molecule has 1 saturated heterocycles. The Hall–Kier alpha value is -1.22. The maximum Gasteiger partial charge on any atom is 0.124 e. The van der Waals surface area contributed by atoms with Crippen molar-refractivity contribution in [1.29, 1.82) is 0 Å². The smallest absolute Gasteiger partial charge is 0.124 e. The zero-order chi connectivity index (χ0) is 9.80. The van der Waals surface area contributed by atoms with Crippen molar-refractivity contribution in [2.45, 2.75) is 13.0 Å². The maximum absolute atomic E-state index is 10.6. The van der Waals surface area contributed by atoms with Crippen LogP contribution in [0, 0.1) is 5.92 Å². The van der Waals surface area contributed by atoms with E-state index in [-0.39, 0.29) is 5.92 Å². The molecule has 1 aliphatic heterocycles. The molecule has 1 aromatic heterocycles. The summed E-state index contributed by atoms with van der Waals surface area (Å²) >= 11 is 0. The number of rotatable bonds is 3. The van der Waals surface area contributed by atoms with Crippen LogP contribution in [0.1, 0.15) is 12.0 Å². The summed E-state index contributed by atoms with van der Waals surface area (Å²) in [4.78, 5) is 16.9. The van der Waals surface area contributed by atoms with E-state index in [1.54, 1.807) is 6.20 Å². The number of carbonyl (C=O) groups is 1. The van der Waals surface area contributed by atoms with Gasteiger partial charge in [-0.1, -0.05) is 6.07 Å². The Labute approximate surface area is 83.8 Å². The van der Waals surface area contributed by atoms with Crippen LogP contribution < -0.4 is 0 Å². The van der Waals surface area contributed by atoms with E-state index in [0.717, 1.165) is 32.3 Å². The molecule has 0 N–H and O–H groups in total. The van der Waals surface area contributed by atoms with Crippen LogP contribution in [0.2, 0.25) is 0 Å². The normalized spacial score (nSPS) is 22.4. The third-order valence-corrected chi connectivity index (χ3v) is 2.63. The minimum Gasteiger partial charge on any atom is -0.303 e. The van der Waals surface area contributed by atoms with Gasteiger partial charge in [-0.3, -0.25) is 9.88 Å². The van der Waals surface area contributed by atoms with E-state index in [2.05, 4.69) is 16.0 Å². The molecular weight excluding hydrogens is 176 g/mol. The average molecular weight is 190 g/mol. The highest BCUT2D eigenvalue weighted by Gasteiger charge is 2.21. The monoisotopic (exact) mass is 190 g/mol. The first-order chi connectivity index (χ1) is 6.88. The first kappa shape index (κ1) is 9.34. The van der Waals surface area contributed by atoms with Crippen LogP contribution in [0.5, 0.6) is 0 Å². The SMILES string of the molecule is O=CC1CCN(Cc2cccnc2)C1. The summed E-state index contributed by atoms with van der Waals surface area (Å²) in [7, 11) is 0. The molecule has 0 bridgehead atoms. The van der Waals surface area contributed by atoms with Gasteiger partial charge in [0.15, 0.2) is 0 Å². The topological polar surface area (TPSA) is 33.2 Å². The Balaban J connectivity index is 1.90. The van der Waals surface area contributed by atoms with E-state index < -0.39 is 0 Å². The molecule has 0 radical (unpaired) electrons. The molecule has 1 aromatic rings. The van der Waals surface area contributed by atoms with Gasteiger partial charge in [0.25, 0.3) is 0 Å². The summed E-state index contributed by atoms with van der Waals surface area (Å²) in [6.45, 7) is 2.84. The Morgan fingerprint density at radius 3 is 3.21 bits per heavy atom. The van der Waals surface area contributed by atoms with Gasteiger partial charge in [-0.2, -0.15) is 0 Å². The quantitative estimate of drug-likeness (QED) is 0.669. The number of hydrogen-bond donors (Lipinski definition) is 0. The molecule has 1 unspecified atom stereocenters. The number of carbonyl (C=O) groups excluding carboxylic acids is 1. The van der Waals surface area contributed by atoms with Crippen molar-refractivity contribution in [1.82, 2.24) is 9.88 Å². The van der Waals surface area contributed by atoms with Crippen LogP contribution in [0.4, 0.5) is 0 Å². The Kier molecular flexibility index (Phi) is 2.89. The third kappa shape index (κ3) is 2.17. The second-order valence-corrected chi connectivity index (χ2v) is 3.78. The number of aromatic nitrogens is 1. The summed E-state index contributed by atoms with van der Waals surface area (Å²) < 4.78 is 0. The van der Waals surface area contributed by atoms with E-state index >= 15 is 0 Å². The van der Waals surface area contributed by atoms with E-state index in [1.807, 2.05) is 12.3 Å². The van der Waals surface area contributed by atoms with Gasteiger partial charge < -0.3 is 4.79 Å². The van der Waals surface area contributed by atoms with Crippen molar-refractivity contribution >= 4 is 6.29 Å². The third-order valence-electron chi connectivity index (χ3n) is 2.63. The van der Waals surface area contributed by atoms with Crippen LogP contribution in [0.3, 0.4) is 0 Å². The molecule has 0 aromatic carbocycles. The van der Waals surface area contributed by atoms with Crippen LogP contribution in [-0.4, -0.2) is 29.3 Å². The van der Waals surface area contributed by atoms with E-state index in [4.69, 9.17) is 0 Å². The lowest BCUT2D eigenvalue weighted by atomic mass is 10.1. The molecule has 0 spiro atoms. The molecule has 0 aliphatic carbocycles. The number of hydrogen-bond acceptors (Lipinski definition) is 3. The molecule has 74 valence electrons. The number of nitrogens with zero attached hydrogens (tertiary/aromatic N) is 2. The van der Waals surface area contributed by atoms with Crippen LogP contribution in [0.25, 0.3) is 0 Å². The minimum atomic E-state index is 0.242. The van der Waals surface area contributed by atoms with E-state index in [0.29, 0.717) is 0 Å². The first-order valence-electron chi connectivity index (χ1n) is 4.95. The average Bonchev–Trinajstić information content (AvgIpc) is 2.67. The van der Waals surface area contributed by atoms with Crippen molar-refractivity contribution in [2.24, 2.45) is 5.92 Å². The fraction of sp³-hybridized carbons (Fsp3) is 0.455. The summed E-state index contributed by atoms with van der Waals surface area (Å²) in [5.74, 6) is 0.242. The highest BCUT2D eigenvalue weighted by molar-refractivity contribution is 5.54. The molecule has 14 heavy (non-hydrogen) atoms. The lowest BCUT2D eigenvalue weighted by molar-refractivity contribution is -0.110. The van der Waals surface area contributed by atoms with Crippen molar-refractivity contribution in [2.75, 3.05) is 13.1 Å². The second-order valence-electron chi connectivity index (χ2n) is 3.78. The standard InChI is InChI=1S/C11H14N2O/c14-9-11-3-5-13(8-11)7-10-2-1-4-12-6-10/h1-2,4,6,9,11H,3,5,7-8H2. The minimum absolute atomic E-state index is 0.242. The molecule has 3 nitrogen and oxygen atoms in total. The molecule has 3 heteroatoms. The zero-order valence-corrected chi connectivity index (χ0v) is 8.10. The number of pyridine rings is 1. The second kappa shape index (κ2) is 4.33. The van der Waals surface area contributed by atoms with Gasteiger partial charge in [-0.25, -0.2) is 0 Å². The highest BCUT2D eigenvalue weighted by atomic mass is 16.1. The van der Waals surface area contributed by atoms with Gasteiger partial charge >= 0.3 is 0 Å². The lowest BCUT2D eigenvalue weighted by Gasteiger charge is -2.14. The van der Waals surface area contributed by atoms with Crippen molar-refractivity contribution in [3.8, 4) is 0 Å². The molecule has 0 amide bonds. The van der Waals surface area contributed by atoms with E-state index in [9.17, 15) is 4.79 Å². The summed E-state index contributed by atoms with van der Waals surface area (Å²) in [5.41, 5.74) is 1.22. The lowest BCUT2D eigenvalue weighted by Crippen LogP contribution is -2.20. The Morgan fingerprint density at radius 2 is 2.57 bits per heavy atom. The van der Waals surface area contributed by atoms with Gasteiger partial charge in [-0.05, 0) is 24.6 Å². The van der Waals surface area contributed by atoms with E-state index in [1.165, 1.54) is 5.56 Å². The van der Waals surface area contributed by atoms with Gasteiger partial charge in [0, 0.05) is 31.4 Å². The molecule has 1 fully saturated rings. The molecule has 2 heterocycles. The van der Waals surface area contributed by atoms with Crippen molar-refractivity contribution in [3.05, 3.63) is 30.1 Å². The highest BCUT2D eigenvalue weighted by Crippen LogP contribution is 2.16. The van der Waals surface area contributed by atoms with Crippen LogP contribution in [-0.2, 0) is 11.3 Å². The fourth-order valence-electron chi connectivity index (χ4n) is 1.87. The predicted octanol–water partition coefficient (Wildman–Crippen LogP) is 1.10. The van der Waals surface area contributed by atoms with Gasteiger partial charge in [0.2, 0.25) is 0 Å². The van der Waals surface area contributed by atoms with Gasteiger partial charge in [0.05, 0.1) is 0 Å². The fourth-order valence-corrected chi connectivity index (χ4v) is 1.87. The summed E-state index contributed by atoms with van der Waals surface area (Å²) in [5, 5.41) is 0. The summed E-state index contributed by atoms with van der Waals surface area (Å²) in [6, 6.07) is 4.02. The molecule has 1 atom stereocenters. The van der Waals surface area contributed by atoms with Gasteiger partial charge in [-0.15, -0.1) is 0 Å². The maximum atomic E-state index is 10.6. The zero-order valence-electron chi connectivity index (χ0n) is 8.10. The Bertz CT molecular complexity index is 299. The molecule has 2 rings (SSSR count). The molecule has 1 aliphatic rings. The molecule has 0 saturated carbocycles. The molecular formula is C11H14N2O. The number of aldehydes is 1. The van der Waals surface area contributed by atoms with Crippen molar-refractivity contribution < 1.29 is 4.79 Å². The van der Waals surface area contributed by atoms with Crippen LogP contribution >= 0.6 is 0 Å². The Morgan fingerprint density at radius 1 is 1.64 bits per heavy atom. The predicted molar refractivity (Wildman–Crippen MR) is 53.7 cm³/mol. The van der Waals surface area contributed by atoms with Crippen molar-refractivity contribution in [3.63, 3.8) is 0 Å².